The van der Waals surface area contributed by atoms with Crippen molar-refractivity contribution in [2.75, 3.05) is 52.9 Å². The Bertz CT molecular complexity index is 1730. The van der Waals surface area contributed by atoms with Gasteiger partial charge >= 0.3 is 13.9 Å². The number of hydrogen-bond donors (Lipinski definition) is 2. The van der Waals surface area contributed by atoms with Gasteiger partial charge in [-0.15, -0.1) is 0 Å². The number of methoxy groups -OCH3 is 2. The molecule has 3 aromatic rings. The molecule has 0 aromatic heterocycles. The quantitative estimate of drug-likeness (QED) is 0.0391. The minimum Gasteiger partial charge on any atom is -0.497 e. The number of unbranched alkanes of at least 4 members (excludes halogenated alkanes) is 2. The van der Waals surface area contributed by atoms with E-state index in [9.17, 15) is 14.2 Å². The van der Waals surface area contributed by atoms with E-state index in [2.05, 4.69) is 22.8 Å². The highest BCUT2D eigenvalue weighted by molar-refractivity contribution is 8.00. The molecule has 0 saturated carbocycles. The molecule has 5 rings (SSSR count). The number of nitrogens with one attached hydrogen (secondary N) is 2. The Labute approximate surface area is 349 Å². The van der Waals surface area contributed by atoms with Crippen molar-refractivity contribution < 1.29 is 41.9 Å². The maximum atomic E-state index is 14.4. The average molecular weight is 840 g/mol. The average Bonchev–Trinajstić information content (AvgIpc) is 3.75. The van der Waals surface area contributed by atoms with Crippen molar-refractivity contribution >= 4 is 31.5 Å². The van der Waals surface area contributed by atoms with Gasteiger partial charge in [0.25, 0.3) is 0 Å². The fourth-order valence-corrected chi connectivity index (χ4v) is 10.7. The largest absolute Gasteiger partial charge is 0.497 e. The molecule has 12 nitrogen and oxygen atoms in total. The monoisotopic (exact) mass is 839 g/mol. The Morgan fingerprint density at radius 2 is 1.45 bits per heavy atom. The molecular weight excluding hydrogens is 778 g/mol. The summed E-state index contributed by atoms with van der Waals surface area (Å²) in [6.45, 7) is 9.25. The molecule has 0 bridgehead atoms. The third-order valence-electron chi connectivity index (χ3n) is 10.2. The lowest BCUT2D eigenvalue weighted by molar-refractivity contribution is -0.121. The smallest absolute Gasteiger partial charge is 0.475 e. The van der Waals surface area contributed by atoms with Crippen LogP contribution in [0.4, 0.5) is 4.79 Å². The van der Waals surface area contributed by atoms with Crippen LogP contribution < -0.4 is 20.1 Å². The predicted molar refractivity (Wildman–Crippen MR) is 229 cm³/mol. The summed E-state index contributed by atoms with van der Waals surface area (Å²) in [5, 5.41) is 6.58. The molecule has 0 aliphatic carbocycles. The lowest BCUT2D eigenvalue weighted by Gasteiger charge is -2.45. The number of carbonyl (C=O) groups excluding carboxylic acids is 2. The zero-order chi connectivity index (χ0) is 41.6. The van der Waals surface area contributed by atoms with Crippen LogP contribution in [-0.2, 0) is 33.2 Å². The molecular formula is C44H62N3O9PS. The molecule has 0 spiro atoms. The summed E-state index contributed by atoms with van der Waals surface area (Å²) in [6.07, 6.45) is 5.01. The number of fused-ring (bicyclic) bond motifs is 1. The van der Waals surface area contributed by atoms with Crippen LogP contribution in [0.3, 0.4) is 0 Å². The number of thioether (sulfide) groups is 1. The topological polar surface area (TPSA) is 134 Å². The van der Waals surface area contributed by atoms with Crippen LogP contribution in [-0.4, -0.2) is 92.7 Å². The first-order valence-corrected chi connectivity index (χ1v) is 23.0. The SMILES string of the molecule is CCCOCCOP(=O)(OCCCCCNC(=O)CCCC1SCC2C1NC(=O)N2C(c1ccccc1)(c1ccc(OC)cc1)c1ccc(OC)cc1)OC(C)(C)C. The van der Waals surface area contributed by atoms with Crippen molar-refractivity contribution in [2.45, 2.75) is 101 Å². The van der Waals surface area contributed by atoms with Crippen LogP contribution in [0.2, 0.25) is 0 Å². The fourth-order valence-electron chi connectivity index (χ4n) is 7.63. The van der Waals surface area contributed by atoms with Crippen LogP contribution in [0.15, 0.2) is 78.9 Å². The Balaban J connectivity index is 1.14. The van der Waals surface area contributed by atoms with Crippen molar-refractivity contribution in [1.29, 1.82) is 0 Å². The number of phosphoric ester groups is 1. The second-order valence-corrected chi connectivity index (χ2v) is 18.4. The third kappa shape index (κ3) is 11.8. The van der Waals surface area contributed by atoms with Gasteiger partial charge in [0.2, 0.25) is 5.91 Å². The van der Waals surface area contributed by atoms with Gasteiger partial charge in [-0.1, -0.05) is 61.5 Å². The molecule has 0 radical (unpaired) electrons. The number of hydrogen-bond acceptors (Lipinski definition) is 10. The standard InChI is InChI=1S/C44H62N3O9PS/c1-7-28-53-30-31-55-57(50,56-43(2,3)4)54-29-13-9-12-27-45-40(48)18-14-17-39-41-38(32-58-39)47(42(49)46-41)44(33-15-10-8-11-16-33,34-19-23-36(51-5)24-20-34)35-21-25-37(52-6)26-22-35/h8,10-11,15-16,19-26,38-39,41H,7,9,12-14,17-18,27-32H2,1-6H3,(H,45,48)(H,46,49). The zero-order valence-electron chi connectivity index (χ0n) is 34.9. The second kappa shape index (κ2) is 21.6. The maximum Gasteiger partial charge on any atom is 0.475 e. The van der Waals surface area contributed by atoms with Crippen LogP contribution in [0.1, 0.15) is 89.3 Å². The Morgan fingerprint density at radius 1 is 0.828 bits per heavy atom. The highest BCUT2D eigenvalue weighted by atomic mass is 32.2. The minimum atomic E-state index is -3.74. The molecule has 3 aromatic carbocycles. The number of carbonyl (C=O) groups is 2. The molecule has 4 unspecified atom stereocenters. The number of amides is 3. The maximum absolute atomic E-state index is 14.4. The van der Waals surface area contributed by atoms with Crippen molar-refractivity contribution in [2.24, 2.45) is 0 Å². The molecule has 3 amide bonds. The van der Waals surface area contributed by atoms with Crippen LogP contribution in [0.5, 0.6) is 11.5 Å². The first-order valence-electron chi connectivity index (χ1n) is 20.4. The number of benzene rings is 3. The number of urea groups is 1. The molecule has 2 aliphatic rings. The Hall–Kier alpha value is -3.58. The number of phosphoric acid groups is 1. The second-order valence-electron chi connectivity index (χ2n) is 15.6. The van der Waals surface area contributed by atoms with Gasteiger partial charge in [-0.05, 0) is 100 Å². The van der Waals surface area contributed by atoms with E-state index in [4.69, 9.17) is 27.8 Å². The normalized spacial score (nSPS) is 19.0. The van der Waals surface area contributed by atoms with Gasteiger partial charge in [0.15, 0.2) is 0 Å². The highest BCUT2D eigenvalue weighted by Crippen LogP contribution is 2.53. The van der Waals surface area contributed by atoms with Gasteiger partial charge in [0, 0.05) is 30.6 Å². The van der Waals surface area contributed by atoms with E-state index < -0.39 is 19.0 Å². The summed E-state index contributed by atoms with van der Waals surface area (Å²) in [6, 6.07) is 25.9. The summed E-state index contributed by atoms with van der Waals surface area (Å²) in [7, 11) is -0.442. The summed E-state index contributed by atoms with van der Waals surface area (Å²) < 4.78 is 46.4. The van der Waals surface area contributed by atoms with Gasteiger partial charge in [0.1, 0.15) is 17.0 Å². The number of rotatable bonds is 24. The van der Waals surface area contributed by atoms with Crippen LogP contribution >= 0.6 is 19.6 Å². The molecule has 2 fully saturated rings. The highest BCUT2D eigenvalue weighted by Gasteiger charge is 2.57. The molecule has 2 saturated heterocycles. The molecule has 14 heteroatoms. The Morgan fingerprint density at radius 3 is 2.05 bits per heavy atom. The lowest BCUT2D eigenvalue weighted by Crippen LogP contribution is -2.53. The van der Waals surface area contributed by atoms with E-state index in [1.807, 2.05) is 90.3 Å². The Kier molecular flexibility index (Phi) is 17.0. The summed E-state index contributed by atoms with van der Waals surface area (Å²) in [4.78, 5) is 29.3. The van der Waals surface area contributed by atoms with Crippen LogP contribution in [0, 0.1) is 0 Å². The van der Waals surface area contributed by atoms with Crippen molar-refractivity contribution in [3.8, 4) is 11.5 Å². The zero-order valence-corrected chi connectivity index (χ0v) is 36.6. The predicted octanol–water partition coefficient (Wildman–Crippen LogP) is 8.71. The van der Waals surface area contributed by atoms with Gasteiger partial charge in [-0.2, -0.15) is 11.8 Å². The molecule has 4 atom stereocenters. The number of ether oxygens (including phenoxy) is 3. The fraction of sp³-hybridized carbons (Fsp3) is 0.545. The van der Waals surface area contributed by atoms with Crippen molar-refractivity contribution in [3.63, 3.8) is 0 Å². The molecule has 2 heterocycles. The molecule has 58 heavy (non-hydrogen) atoms. The van der Waals surface area contributed by atoms with E-state index in [0.717, 1.165) is 59.6 Å². The van der Waals surface area contributed by atoms with Gasteiger partial charge in [0.05, 0.1) is 51.7 Å². The van der Waals surface area contributed by atoms with Crippen LogP contribution in [0.25, 0.3) is 0 Å². The van der Waals surface area contributed by atoms with E-state index >= 15 is 0 Å². The minimum absolute atomic E-state index is 0.0109. The summed E-state index contributed by atoms with van der Waals surface area (Å²) in [5.41, 5.74) is 1.24. The van der Waals surface area contributed by atoms with E-state index in [1.54, 1.807) is 35.0 Å². The summed E-state index contributed by atoms with van der Waals surface area (Å²) in [5.74, 6) is 2.25. The molecule has 318 valence electrons. The van der Waals surface area contributed by atoms with Gasteiger partial charge in [-0.25, -0.2) is 9.36 Å². The molecule has 2 N–H and O–H groups in total. The van der Waals surface area contributed by atoms with Gasteiger partial charge in [-0.3, -0.25) is 18.4 Å². The van der Waals surface area contributed by atoms with Crippen molar-refractivity contribution in [1.82, 2.24) is 15.5 Å². The van der Waals surface area contributed by atoms with E-state index in [0.29, 0.717) is 39.0 Å². The number of nitrogens with zero attached hydrogens (tertiary/aromatic N) is 1. The molecule has 2 aliphatic heterocycles. The van der Waals surface area contributed by atoms with Crippen molar-refractivity contribution in [3.05, 3.63) is 95.6 Å². The van der Waals surface area contributed by atoms with Gasteiger partial charge < -0.3 is 29.7 Å². The van der Waals surface area contributed by atoms with E-state index in [-0.39, 0.29) is 42.5 Å². The summed E-state index contributed by atoms with van der Waals surface area (Å²) >= 11 is 1.86. The first-order chi connectivity index (χ1) is 27.9. The third-order valence-corrected chi connectivity index (χ3v) is 13.5. The van der Waals surface area contributed by atoms with E-state index in [1.165, 1.54) is 0 Å². The lowest BCUT2D eigenvalue weighted by atomic mass is 9.74. The first kappa shape index (κ1) is 45.5.